The molecule has 1 aromatic rings. The van der Waals surface area contributed by atoms with Crippen molar-refractivity contribution in [2.75, 3.05) is 39.3 Å². The quantitative estimate of drug-likeness (QED) is 0.278. The van der Waals surface area contributed by atoms with Crippen LogP contribution in [0.4, 0.5) is 0 Å². The standard InChI is InChI=1S/C20H38N6O2.HI/c1-6-21-20(22-10-7-18-24-19(15(2)3)25-28-18)23-17-8-11-26(12-9-17)13-14-27-16(4)5;/h15-17H,6-14H2,1-5H3,(H2,21,22,23);1H. The first-order valence-corrected chi connectivity index (χ1v) is 10.7. The highest BCUT2D eigenvalue weighted by molar-refractivity contribution is 14.0. The second-order valence-electron chi connectivity index (χ2n) is 7.89. The Morgan fingerprint density at radius 1 is 1.28 bits per heavy atom. The molecule has 1 aromatic heterocycles. The molecule has 8 nitrogen and oxygen atoms in total. The molecule has 0 saturated carbocycles. The van der Waals surface area contributed by atoms with E-state index in [0.717, 1.165) is 57.4 Å². The summed E-state index contributed by atoms with van der Waals surface area (Å²) in [6.45, 7) is 15.9. The first-order chi connectivity index (χ1) is 13.5. The van der Waals surface area contributed by atoms with Crippen LogP contribution in [0.25, 0.3) is 0 Å². The van der Waals surface area contributed by atoms with Gasteiger partial charge in [0.05, 0.1) is 19.3 Å². The van der Waals surface area contributed by atoms with E-state index >= 15 is 0 Å². The number of likely N-dealkylation sites (tertiary alicyclic amines) is 1. The van der Waals surface area contributed by atoms with E-state index in [2.05, 4.69) is 65.3 Å². The molecule has 0 aliphatic carbocycles. The predicted octanol–water partition coefficient (Wildman–Crippen LogP) is 2.80. The Bertz CT molecular complexity index is 585. The average molecular weight is 522 g/mol. The number of hydrogen-bond acceptors (Lipinski definition) is 6. The number of hydrogen-bond donors (Lipinski definition) is 2. The van der Waals surface area contributed by atoms with Gasteiger partial charge < -0.3 is 24.8 Å². The van der Waals surface area contributed by atoms with Gasteiger partial charge in [0.25, 0.3) is 0 Å². The Morgan fingerprint density at radius 2 is 2.00 bits per heavy atom. The predicted molar refractivity (Wildman–Crippen MR) is 127 cm³/mol. The van der Waals surface area contributed by atoms with Crippen molar-refractivity contribution in [3.8, 4) is 0 Å². The van der Waals surface area contributed by atoms with Crippen molar-refractivity contribution in [3.63, 3.8) is 0 Å². The molecule has 0 atom stereocenters. The Morgan fingerprint density at radius 3 is 2.59 bits per heavy atom. The lowest BCUT2D eigenvalue weighted by molar-refractivity contribution is 0.0532. The second kappa shape index (κ2) is 14.1. The third-order valence-corrected chi connectivity index (χ3v) is 4.73. The van der Waals surface area contributed by atoms with Gasteiger partial charge in [-0.15, -0.1) is 24.0 Å². The molecule has 0 spiro atoms. The fourth-order valence-corrected chi connectivity index (χ4v) is 3.10. The van der Waals surface area contributed by atoms with E-state index in [1.807, 2.05) is 0 Å². The van der Waals surface area contributed by atoms with Crippen LogP contribution in [0.3, 0.4) is 0 Å². The van der Waals surface area contributed by atoms with Gasteiger partial charge in [-0.25, -0.2) is 0 Å². The molecule has 2 heterocycles. The summed E-state index contributed by atoms with van der Waals surface area (Å²) in [5.41, 5.74) is 0. The van der Waals surface area contributed by atoms with Crippen LogP contribution in [-0.4, -0.2) is 72.5 Å². The Kier molecular flexibility index (Phi) is 12.7. The van der Waals surface area contributed by atoms with Crippen molar-refractivity contribution < 1.29 is 9.26 Å². The number of nitrogens with zero attached hydrogens (tertiary/aromatic N) is 4. The maximum Gasteiger partial charge on any atom is 0.228 e. The zero-order valence-corrected chi connectivity index (χ0v) is 20.9. The summed E-state index contributed by atoms with van der Waals surface area (Å²) in [5, 5.41) is 10.9. The van der Waals surface area contributed by atoms with E-state index in [-0.39, 0.29) is 29.9 Å². The monoisotopic (exact) mass is 522 g/mol. The molecule has 2 N–H and O–H groups in total. The van der Waals surface area contributed by atoms with E-state index in [4.69, 9.17) is 9.26 Å². The number of piperidine rings is 1. The molecule has 168 valence electrons. The lowest BCUT2D eigenvalue weighted by Gasteiger charge is -2.33. The van der Waals surface area contributed by atoms with Crippen molar-refractivity contribution in [2.45, 2.75) is 71.9 Å². The number of aliphatic imine (C=N–C) groups is 1. The van der Waals surface area contributed by atoms with Gasteiger partial charge in [0, 0.05) is 44.6 Å². The minimum Gasteiger partial charge on any atom is -0.377 e. The maximum absolute atomic E-state index is 5.66. The molecular formula is C20H39IN6O2. The first kappa shape index (κ1) is 26.1. The van der Waals surface area contributed by atoms with Gasteiger partial charge in [-0.05, 0) is 33.6 Å². The van der Waals surface area contributed by atoms with E-state index < -0.39 is 0 Å². The summed E-state index contributed by atoms with van der Waals surface area (Å²) in [7, 11) is 0. The van der Waals surface area contributed by atoms with Gasteiger partial charge in [-0.2, -0.15) is 4.98 Å². The average Bonchev–Trinajstić information content (AvgIpc) is 3.12. The number of guanidine groups is 1. The largest absolute Gasteiger partial charge is 0.377 e. The zero-order valence-electron chi connectivity index (χ0n) is 18.6. The summed E-state index contributed by atoms with van der Waals surface area (Å²) < 4.78 is 10.9. The molecule has 0 bridgehead atoms. The number of halogens is 1. The van der Waals surface area contributed by atoms with E-state index in [0.29, 0.717) is 31.0 Å². The third-order valence-electron chi connectivity index (χ3n) is 4.73. The van der Waals surface area contributed by atoms with Crippen LogP contribution in [0.5, 0.6) is 0 Å². The Hall–Kier alpha value is -0.940. The van der Waals surface area contributed by atoms with Gasteiger partial charge in [-0.3, -0.25) is 4.99 Å². The van der Waals surface area contributed by atoms with E-state index in [9.17, 15) is 0 Å². The van der Waals surface area contributed by atoms with Gasteiger partial charge in [0.1, 0.15) is 0 Å². The molecule has 29 heavy (non-hydrogen) atoms. The van der Waals surface area contributed by atoms with Gasteiger partial charge in [-0.1, -0.05) is 19.0 Å². The van der Waals surface area contributed by atoms with Crippen molar-refractivity contribution in [3.05, 3.63) is 11.7 Å². The highest BCUT2D eigenvalue weighted by atomic mass is 127. The molecule has 9 heteroatoms. The fourth-order valence-electron chi connectivity index (χ4n) is 3.10. The molecule has 1 aliphatic heterocycles. The van der Waals surface area contributed by atoms with Crippen LogP contribution >= 0.6 is 24.0 Å². The van der Waals surface area contributed by atoms with Crippen LogP contribution in [0.1, 0.15) is 65.1 Å². The van der Waals surface area contributed by atoms with E-state index in [1.165, 1.54) is 0 Å². The molecule has 0 radical (unpaired) electrons. The lowest BCUT2D eigenvalue weighted by Crippen LogP contribution is -2.49. The van der Waals surface area contributed by atoms with Gasteiger partial charge in [0.15, 0.2) is 11.8 Å². The van der Waals surface area contributed by atoms with Crippen LogP contribution in [0.15, 0.2) is 9.52 Å². The third kappa shape index (κ3) is 10.1. The number of ether oxygens (including phenoxy) is 1. The smallest absolute Gasteiger partial charge is 0.228 e. The van der Waals surface area contributed by atoms with Crippen molar-refractivity contribution in [2.24, 2.45) is 4.99 Å². The summed E-state index contributed by atoms with van der Waals surface area (Å²) >= 11 is 0. The molecule has 0 aromatic carbocycles. The van der Waals surface area contributed by atoms with E-state index in [1.54, 1.807) is 0 Å². The van der Waals surface area contributed by atoms with Gasteiger partial charge >= 0.3 is 0 Å². The van der Waals surface area contributed by atoms with Crippen molar-refractivity contribution in [1.82, 2.24) is 25.7 Å². The summed E-state index contributed by atoms with van der Waals surface area (Å²) in [5.74, 6) is 2.56. The molecule has 0 amide bonds. The normalized spacial score (nSPS) is 16.3. The highest BCUT2D eigenvalue weighted by Crippen LogP contribution is 2.11. The topological polar surface area (TPSA) is 87.8 Å². The highest BCUT2D eigenvalue weighted by Gasteiger charge is 2.20. The molecule has 0 unspecified atom stereocenters. The second-order valence-corrected chi connectivity index (χ2v) is 7.89. The minimum atomic E-state index is 0. The molecular weight excluding hydrogens is 483 g/mol. The number of nitrogens with one attached hydrogen (secondary N) is 2. The SMILES string of the molecule is CCNC(=NCCc1nc(C(C)C)no1)NC1CCN(CCOC(C)C)CC1.I. The summed E-state index contributed by atoms with van der Waals surface area (Å²) in [6.07, 6.45) is 3.20. The van der Waals surface area contributed by atoms with Crippen LogP contribution in [0, 0.1) is 0 Å². The van der Waals surface area contributed by atoms with Crippen LogP contribution in [-0.2, 0) is 11.2 Å². The maximum atomic E-state index is 5.66. The van der Waals surface area contributed by atoms with Crippen molar-refractivity contribution in [1.29, 1.82) is 0 Å². The Balaban J connectivity index is 0.00000420. The number of rotatable bonds is 10. The molecule has 2 rings (SSSR count). The zero-order chi connectivity index (χ0) is 20.4. The van der Waals surface area contributed by atoms with Crippen LogP contribution in [0.2, 0.25) is 0 Å². The molecule has 1 saturated heterocycles. The molecule has 1 aliphatic rings. The van der Waals surface area contributed by atoms with Crippen molar-refractivity contribution >= 4 is 29.9 Å². The lowest BCUT2D eigenvalue weighted by atomic mass is 10.1. The first-order valence-electron chi connectivity index (χ1n) is 10.7. The molecule has 1 fully saturated rings. The number of aromatic nitrogens is 2. The Labute approximate surface area is 192 Å². The summed E-state index contributed by atoms with van der Waals surface area (Å²) in [4.78, 5) is 11.6. The van der Waals surface area contributed by atoms with Crippen LogP contribution < -0.4 is 10.6 Å². The van der Waals surface area contributed by atoms with Gasteiger partial charge in [0.2, 0.25) is 5.89 Å². The fraction of sp³-hybridized carbons (Fsp3) is 0.850. The summed E-state index contributed by atoms with van der Waals surface area (Å²) in [6, 6.07) is 0.455. The minimum absolute atomic E-state index is 0.